The lowest BCUT2D eigenvalue weighted by Gasteiger charge is -2.22. The summed E-state index contributed by atoms with van der Waals surface area (Å²) in [7, 11) is 0. The summed E-state index contributed by atoms with van der Waals surface area (Å²) in [6.45, 7) is 2.90. The number of hydrogen-bond donors (Lipinski definition) is 2. The maximum atomic E-state index is 12.2. The second kappa shape index (κ2) is 5.72. The van der Waals surface area contributed by atoms with Crippen molar-refractivity contribution in [2.45, 2.75) is 12.8 Å². The number of carbonyl (C=O) groups is 1. The normalized spacial score (nSPS) is 19.5. The van der Waals surface area contributed by atoms with Crippen LogP contribution in [0.4, 0.5) is 0 Å². The van der Waals surface area contributed by atoms with Crippen molar-refractivity contribution in [1.82, 2.24) is 10.6 Å². The Labute approximate surface area is 117 Å². The number of benzene rings is 1. The number of fused-ring (bicyclic) bond motifs is 1. The molecule has 2 N–H and O–H groups in total. The summed E-state index contributed by atoms with van der Waals surface area (Å²) in [5, 5.41) is 9.47. The monoisotopic (exact) mass is 274 g/mol. The maximum absolute atomic E-state index is 12.2. The van der Waals surface area contributed by atoms with Gasteiger partial charge in [0.15, 0.2) is 0 Å². The first-order valence-electron chi connectivity index (χ1n) is 6.80. The molecule has 100 valence electrons. The second-order valence-electron chi connectivity index (χ2n) is 5.07. The average molecular weight is 274 g/mol. The highest BCUT2D eigenvalue weighted by Crippen LogP contribution is 2.25. The quantitative estimate of drug-likeness (QED) is 0.903. The molecule has 0 saturated carbocycles. The van der Waals surface area contributed by atoms with E-state index in [0.29, 0.717) is 5.92 Å². The Morgan fingerprint density at radius 1 is 1.42 bits per heavy atom. The van der Waals surface area contributed by atoms with Gasteiger partial charge in [-0.05, 0) is 37.9 Å². The number of nitrogens with one attached hydrogen (secondary N) is 2. The van der Waals surface area contributed by atoms with Crippen molar-refractivity contribution in [1.29, 1.82) is 0 Å². The Morgan fingerprint density at radius 2 is 2.32 bits per heavy atom. The highest BCUT2D eigenvalue weighted by Gasteiger charge is 2.16. The Bertz CT molecular complexity index is 572. The first-order valence-corrected chi connectivity index (χ1v) is 7.68. The van der Waals surface area contributed by atoms with E-state index in [0.717, 1.165) is 30.6 Å². The van der Waals surface area contributed by atoms with E-state index in [1.54, 1.807) is 11.3 Å². The average Bonchev–Trinajstić information content (AvgIpc) is 2.90. The van der Waals surface area contributed by atoms with Crippen LogP contribution in [0.1, 0.15) is 23.2 Å². The number of amides is 1. The maximum Gasteiger partial charge on any atom is 0.252 e. The van der Waals surface area contributed by atoms with Gasteiger partial charge in [-0.2, -0.15) is 0 Å². The zero-order chi connectivity index (χ0) is 13.1. The molecule has 4 heteroatoms. The minimum absolute atomic E-state index is 0.0584. The molecule has 1 saturated heterocycles. The molecule has 1 unspecified atom stereocenters. The molecular formula is C15H18N2OS. The van der Waals surface area contributed by atoms with Crippen molar-refractivity contribution >= 4 is 27.3 Å². The summed E-state index contributed by atoms with van der Waals surface area (Å²) in [4.78, 5) is 12.2. The zero-order valence-electron chi connectivity index (χ0n) is 10.8. The van der Waals surface area contributed by atoms with E-state index in [2.05, 4.69) is 16.7 Å². The van der Waals surface area contributed by atoms with Crippen LogP contribution in [0, 0.1) is 5.92 Å². The first kappa shape index (κ1) is 12.6. The molecule has 1 fully saturated rings. The number of thiophene rings is 1. The van der Waals surface area contributed by atoms with Gasteiger partial charge >= 0.3 is 0 Å². The smallest absolute Gasteiger partial charge is 0.252 e. The summed E-state index contributed by atoms with van der Waals surface area (Å²) in [5.41, 5.74) is 0.810. The van der Waals surface area contributed by atoms with E-state index in [-0.39, 0.29) is 5.91 Å². The SMILES string of the molecule is O=C(NCC1CCCNC1)c1csc2ccccc12. The van der Waals surface area contributed by atoms with Crippen molar-refractivity contribution in [3.8, 4) is 0 Å². The van der Waals surface area contributed by atoms with E-state index in [9.17, 15) is 4.79 Å². The van der Waals surface area contributed by atoms with E-state index in [1.165, 1.54) is 17.5 Å². The summed E-state index contributed by atoms with van der Waals surface area (Å²) in [6, 6.07) is 8.07. The molecule has 0 spiro atoms. The van der Waals surface area contributed by atoms with Gasteiger partial charge in [0.1, 0.15) is 0 Å². The molecular weight excluding hydrogens is 256 g/mol. The summed E-state index contributed by atoms with van der Waals surface area (Å²) in [6.07, 6.45) is 2.42. The van der Waals surface area contributed by atoms with Crippen LogP contribution in [0.5, 0.6) is 0 Å². The second-order valence-corrected chi connectivity index (χ2v) is 5.98. The fraction of sp³-hybridized carbons (Fsp3) is 0.400. The van der Waals surface area contributed by atoms with Crippen LogP contribution in [-0.2, 0) is 0 Å². The van der Waals surface area contributed by atoms with Gasteiger partial charge in [-0.3, -0.25) is 4.79 Å². The molecule has 1 aliphatic heterocycles. The molecule has 0 radical (unpaired) electrons. The minimum Gasteiger partial charge on any atom is -0.352 e. The third kappa shape index (κ3) is 2.80. The van der Waals surface area contributed by atoms with Crippen LogP contribution in [-0.4, -0.2) is 25.5 Å². The van der Waals surface area contributed by atoms with Crippen molar-refractivity contribution in [2.24, 2.45) is 5.92 Å². The topological polar surface area (TPSA) is 41.1 Å². The Balaban J connectivity index is 1.66. The molecule has 0 aliphatic carbocycles. The number of hydrogen-bond acceptors (Lipinski definition) is 3. The number of piperidine rings is 1. The molecule has 2 heterocycles. The van der Waals surface area contributed by atoms with E-state index in [1.807, 2.05) is 23.6 Å². The highest BCUT2D eigenvalue weighted by atomic mass is 32.1. The number of carbonyl (C=O) groups excluding carboxylic acids is 1. The fourth-order valence-corrected chi connectivity index (χ4v) is 3.53. The van der Waals surface area contributed by atoms with E-state index in [4.69, 9.17) is 0 Å². The van der Waals surface area contributed by atoms with Crippen molar-refractivity contribution in [3.63, 3.8) is 0 Å². The summed E-state index contributed by atoms with van der Waals surface area (Å²) in [5.74, 6) is 0.630. The molecule has 19 heavy (non-hydrogen) atoms. The predicted octanol–water partition coefficient (Wildman–Crippen LogP) is 2.63. The van der Waals surface area contributed by atoms with Gasteiger partial charge < -0.3 is 10.6 Å². The van der Waals surface area contributed by atoms with Gasteiger partial charge in [0.05, 0.1) is 5.56 Å². The summed E-state index contributed by atoms with van der Waals surface area (Å²) >= 11 is 1.63. The lowest BCUT2D eigenvalue weighted by Crippen LogP contribution is -2.38. The molecule has 1 amide bonds. The van der Waals surface area contributed by atoms with E-state index >= 15 is 0 Å². The Kier molecular flexibility index (Phi) is 3.80. The molecule has 1 aliphatic rings. The molecule has 1 aromatic heterocycles. The van der Waals surface area contributed by atoms with Gasteiger partial charge in [0.2, 0.25) is 0 Å². The Morgan fingerprint density at radius 3 is 3.16 bits per heavy atom. The molecule has 1 atom stereocenters. The molecule has 0 bridgehead atoms. The lowest BCUT2D eigenvalue weighted by atomic mass is 9.99. The van der Waals surface area contributed by atoms with Gasteiger partial charge in [0.25, 0.3) is 5.91 Å². The highest BCUT2D eigenvalue weighted by molar-refractivity contribution is 7.17. The third-order valence-electron chi connectivity index (χ3n) is 3.68. The van der Waals surface area contributed by atoms with Crippen LogP contribution in [0.25, 0.3) is 10.1 Å². The van der Waals surface area contributed by atoms with Crippen LogP contribution in [0.3, 0.4) is 0 Å². The minimum atomic E-state index is 0.0584. The van der Waals surface area contributed by atoms with Crippen molar-refractivity contribution < 1.29 is 4.79 Å². The van der Waals surface area contributed by atoms with Crippen LogP contribution >= 0.6 is 11.3 Å². The zero-order valence-corrected chi connectivity index (χ0v) is 11.6. The molecule has 2 aromatic rings. The third-order valence-corrected chi connectivity index (χ3v) is 4.64. The van der Waals surface area contributed by atoms with E-state index < -0.39 is 0 Å². The number of rotatable bonds is 3. The standard InChI is InChI=1S/C15H18N2OS/c18-15(17-9-11-4-3-7-16-8-11)13-10-19-14-6-2-1-5-12(13)14/h1-2,5-6,10-11,16H,3-4,7-9H2,(H,17,18). The van der Waals surface area contributed by atoms with Crippen LogP contribution < -0.4 is 10.6 Å². The molecule has 3 nitrogen and oxygen atoms in total. The van der Waals surface area contributed by atoms with Gasteiger partial charge in [-0.25, -0.2) is 0 Å². The van der Waals surface area contributed by atoms with Gasteiger partial charge in [-0.1, -0.05) is 18.2 Å². The fourth-order valence-electron chi connectivity index (χ4n) is 2.58. The Hall–Kier alpha value is -1.39. The first-order chi connectivity index (χ1) is 9.34. The molecule has 1 aromatic carbocycles. The van der Waals surface area contributed by atoms with Crippen LogP contribution in [0.15, 0.2) is 29.6 Å². The van der Waals surface area contributed by atoms with Gasteiger partial charge in [0, 0.05) is 22.0 Å². The van der Waals surface area contributed by atoms with Crippen molar-refractivity contribution in [2.75, 3.05) is 19.6 Å². The van der Waals surface area contributed by atoms with Crippen LogP contribution in [0.2, 0.25) is 0 Å². The molecule has 3 rings (SSSR count). The van der Waals surface area contributed by atoms with Crippen molar-refractivity contribution in [3.05, 3.63) is 35.2 Å². The largest absolute Gasteiger partial charge is 0.352 e. The lowest BCUT2D eigenvalue weighted by molar-refractivity contribution is 0.0947. The predicted molar refractivity (Wildman–Crippen MR) is 79.8 cm³/mol. The van der Waals surface area contributed by atoms with Gasteiger partial charge in [-0.15, -0.1) is 11.3 Å². The summed E-state index contributed by atoms with van der Waals surface area (Å²) < 4.78 is 1.17.